The molecule has 134 valence electrons. The highest BCUT2D eigenvalue weighted by Crippen LogP contribution is 2.39. The number of nitrogens with zero attached hydrogens (tertiary/aromatic N) is 2. The maximum Gasteiger partial charge on any atom is 0.225 e. The molecule has 0 aliphatic carbocycles. The highest BCUT2D eigenvalue weighted by molar-refractivity contribution is 7.19. The van der Waals surface area contributed by atoms with Crippen LogP contribution < -0.4 is 5.32 Å². The van der Waals surface area contributed by atoms with Crippen molar-refractivity contribution in [3.8, 4) is 21.7 Å². The highest BCUT2D eigenvalue weighted by atomic mass is 32.1. The lowest BCUT2D eigenvalue weighted by molar-refractivity contribution is -0.115. The highest BCUT2D eigenvalue weighted by Gasteiger charge is 2.18. The van der Waals surface area contributed by atoms with E-state index in [1.807, 2.05) is 19.1 Å². The summed E-state index contributed by atoms with van der Waals surface area (Å²) in [6, 6.07) is 12.5. The minimum Gasteiger partial charge on any atom is -0.302 e. The van der Waals surface area contributed by atoms with Gasteiger partial charge in [0, 0.05) is 24.4 Å². The van der Waals surface area contributed by atoms with Gasteiger partial charge in [-0.2, -0.15) is 0 Å². The van der Waals surface area contributed by atoms with Crippen LogP contribution in [0.3, 0.4) is 0 Å². The Morgan fingerprint density at radius 1 is 1.04 bits per heavy atom. The molecule has 0 saturated heterocycles. The molecule has 3 rings (SSSR count). The lowest BCUT2D eigenvalue weighted by Gasteiger charge is -2.19. The number of carbonyl (C=O) groups is 1. The van der Waals surface area contributed by atoms with E-state index in [0.717, 1.165) is 21.7 Å². The molecule has 0 atom stereocenters. The fourth-order valence-electron chi connectivity index (χ4n) is 2.60. The van der Waals surface area contributed by atoms with E-state index in [1.54, 1.807) is 12.4 Å². The normalized spacial score (nSPS) is 11.4. The van der Waals surface area contributed by atoms with Crippen molar-refractivity contribution >= 4 is 22.4 Å². The van der Waals surface area contributed by atoms with Gasteiger partial charge in [0.25, 0.3) is 0 Å². The molecular weight excluding hydrogens is 342 g/mol. The Balaban J connectivity index is 2.05. The lowest BCUT2D eigenvalue weighted by atomic mass is 9.86. The number of rotatable bonds is 4. The van der Waals surface area contributed by atoms with Crippen molar-refractivity contribution in [1.29, 1.82) is 0 Å². The van der Waals surface area contributed by atoms with Crippen LogP contribution in [0.25, 0.3) is 21.7 Å². The Kier molecular flexibility index (Phi) is 5.18. The van der Waals surface area contributed by atoms with Gasteiger partial charge in [-0.25, -0.2) is 4.98 Å². The second-order valence-corrected chi connectivity index (χ2v) is 8.16. The Hall–Kier alpha value is -2.53. The smallest absolute Gasteiger partial charge is 0.225 e. The molecule has 0 aliphatic rings. The van der Waals surface area contributed by atoms with Crippen LogP contribution in [0.5, 0.6) is 0 Å². The van der Waals surface area contributed by atoms with E-state index >= 15 is 0 Å². The number of thiazole rings is 1. The number of benzene rings is 1. The molecule has 1 N–H and O–H groups in total. The van der Waals surface area contributed by atoms with Gasteiger partial charge in [-0.05, 0) is 28.7 Å². The third kappa shape index (κ3) is 3.99. The van der Waals surface area contributed by atoms with E-state index in [-0.39, 0.29) is 11.3 Å². The molecule has 0 bridgehead atoms. The molecule has 4 nitrogen and oxygen atoms in total. The van der Waals surface area contributed by atoms with E-state index in [4.69, 9.17) is 0 Å². The third-order valence-electron chi connectivity index (χ3n) is 4.16. The van der Waals surface area contributed by atoms with Gasteiger partial charge in [-0.15, -0.1) is 0 Å². The molecule has 0 aliphatic heterocycles. The molecule has 2 aromatic heterocycles. The minimum atomic E-state index is -0.0327. The molecule has 5 heteroatoms. The van der Waals surface area contributed by atoms with E-state index < -0.39 is 0 Å². The van der Waals surface area contributed by atoms with Gasteiger partial charge in [-0.1, -0.05) is 63.3 Å². The number of hydrogen-bond acceptors (Lipinski definition) is 4. The molecule has 0 fully saturated rings. The topological polar surface area (TPSA) is 54.9 Å². The summed E-state index contributed by atoms with van der Waals surface area (Å²) in [7, 11) is 0. The van der Waals surface area contributed by atoms with Gasteiger partial charge < -0.3 is 5.32 Å². The van der Waals surface area contributed by atoms with Gasteiger partial charge in [0.05, 0.1) is 10.6 Å². The summed E-state index contributed by atoms with van der Waals surface area (Å²) in [5.74, 6) is -0.0327. The largest absolute Gasteiger partial charge is 0.302 e. The maximum absolute atomic E-state index is 11.8. The van der Waals surface area contributed by atoms with E-state index in [9.17, 15) is 4.79 Å². The molecule has 0 saturated carbocycles. The van der Waals surface area contributed by atoms with Crippen molar-refractivity contribution in [2.24, 2.45) is 0 Å². The lowest BCUT2D eigenvalue weighted by Crippen LogP contribution is -2.10. The number of hydrogen-bond donors (Lipinski definition) is 1. The molecule has 1 amide bonds. The standard InChI is InChI=1S/C21H23N3OS/c1-5-17(25)23-20-24-18(14-10-12-22-13-11-14)19(26-20)15-6-8-16(9-7-15)21(2,3)4/h6-13H,5H2,1-4H3,(H,23,24,25). The van der Waals surface area contributed by atoms with Crippen LogP contribution in [0.2, 0.25) is 0 Å². The van der Waals surface area contributed by atoms with Gasteiger partial charge in [0.15, 0.2) is 5.13 Å². The number of pyridine rings is 1. The van der Waals surface area contributed by atoms with Crippen LogP contribution in [-0.4, -0.2) is 15.9 Å². The molecular formula is C21H23N3OS. The Morgan fingerprint density at radius 3 is 2.27 bits per heavy atom. The van der Waals surface area contributed by atoms with Gasteiger partial charge >= 0.3 is 0 Å². The van der Waals surface area contributed by atoms with Crippen molar-refractivity contribution < 1.29 is 4.79 Å². The summed E-state index contributed by atoms with van der Waals surface area (Å²) >= 11 is 1.50. The SMILES string of the molecule is CCC(=O)Nc1nc(-c2ccncc2)c(-c2ccc(C(C)(C)C)cc2)s1. The van der Waals surface area contributed by atoms with Crippen LogP contribution in [0.1, 0.15) is 39.7 Å². The number of amides is 1. The second kappa shape index (κ2) is 7.38. The molecule has 2 heterocycles. The molecule has 0 unspecified atom stereocenters. The van der Waals surface area contributed by atoms with Crippen LogP contribution >= 0.6 is 11.3 Å². The predicted octanol–water partition coefficient (Wildman–Crippen LogP) is 5.52. The fourth-order valence-corrected chi connectivity index (χ4v) is 3.61. The number of carbonyl (C=O) groups excluding carboxylic acids is 1. The molecule has 26 heavy (non-hydrogen) atoms. The number of nitrogens with one attached hydrogen (secondary N) is 1. The molecule has 1 aromatic carbocycles. The van der Waals surface area contributed by atoms with Gasteiger partial charge in [-0.3, -0.25) is 9.78 Å². The van der Waals surface area contributed by atoms with Crippen LogP contribution in [-0.2, 0) is 10.2 Å². The average Bonchev–Trinajstić information content (AvgIpc) is 3.05. The maximum atomic E-state index is 11.8. The first kappa shape index (κ1) is 18.3. The van der Waals surface area contributed by atoms with E-state index in [0.29, 0.717) is 11.6 Å². The number of anilines is 1. The summed E-state index contributed by atoms with van der Waals surface area (Å²) in [6.45, 7) is 8.44. The van der Waals surface area contributed by atoms with Crippen LogP contribution in [0.15, 0.2) is 48.8 Å². The van der Waals surface area contributed by atoms with Gasteiger partial charge in [0.2, 0.25) is 5.91 Å². The quantitative estimate of drug-likeness (QED) is 0.662. The average molecular weight is 366 g/mol. The zero-order valence-electron chi connectivity index (χ0n) is 15.5. The summed E-state index contributed by atoms with van der Waals surface area (Å²) < 4.78 is 0. The van der Waals surface area contributed by atoms with Crippen molar-refractivity contribution in [3.05, 3.63) is 54.4 Å². The van der Waals surface area contributed by atoms with Crippen molar-refractivity contribution in [3.63, 3.8) is 0 Å². The second-order valence-electron chi connectivity index (χ2n) is 7.16. The fraction of sp³-hybridized carbons (Fsp3) is 0.286. The molecule has 3 aromatic rings. The van der Waals surface area contributed by atoms with E-state index in [2.05, 4.69) is 60.3 Å². The summed E-state index contributed by atoms with van der Waals surface area (Å²) in [5.41, 5.74) is 4.35. The first-order valence-electron chi connectivity index (χ1n) is 8.70. The minimum absolute atomic E-state index is 0.0327. The first-order valence-corrected chi connectivity index (χ1v) is 9.52. The third-order valence-corrected chi connectivity index (χ3v) is 5.18. The number of aromatic nitrogens is 2. The van der Waals surface area contributed by atoms with Crippen molar-refractivity contribution in [2.45, 2.75) is 39.5 Å². The summed E-state index contributed by atoms with van der Waals surface area (Å²) in [6.07, 6.45) is 3.94. The molecule has 0 radical (unpaired) electrons. The Bertz CT molecular complexity index is 893. The Morgan fingerprint density at radius 2 is 1.69 bits per heavy atom. The zero-order chi connectivity index (χ0) is 18.7. The van der Waals surface area contributed by atoms with Crippen LogP contribution in [0, 0.1) is 0 Å². The first-order chi connectivity index (χ1) is 12.4. The monoisotopic (exact) mass is 365 g/mol. The predicted molar refractivity (Wildman–Crippen MR) is 108 cm³/mol. The van der Waals surface area contributed by atoms with Crippen molar-refractivity contribution in [2.75, 3.05) is 5.32 Å². The summed E-state index contributed by atoms with van der Waals surface area (Å²) in [4.78, 5) is 21.6. The summed E-state index contributed by atoms with van der Waals surface area (Å²) in [5, 5.41) is 3.50. The Labute approximate surface area is 158 Å². The molecule has 0 spiro atoms. The van der Waals surface area contributed by atoms with Gasteiger partial charge in [0.1, 0.15) is 0 Å². The van der Waals surface area contributed by atoms with Crippen molar-refractivity contribution in [1.82, 2.24) is 9.97 Å². The van der Waals surface area contributed by atoms with Crippen LogP contribution in [0.4, 0.5) is 5.13 Å². The van der Waals surface area contributed by atoms with E-state index in [1.165, 1.54) is 16.9 Å². The zero-order valence-corrected chi connectivity index (χ0v) is 16.4.